The third kappa shape index (κ3) is 3.68. The van der Waals surface area contributed by atoms with E-state index in [1.165, 1.54) is 0 Å². The second-order valence-corrected chi connectivity index (χ2v) is 6.94. The summed E-state index contributed by atoms with van der Waals surface area (Å²) in [6.45, 7) is 10.8. The van der Waals surface area contributed by atoms with Gasteiger partial charge in [-0.3, -0.25) is 4.79 Å². The van der Waals surface area contributed by atoms with Crippen LogP contribution in [0.5, 0.6) is 0 Å². The first-order valence-corrected chi connectivity index (χ1v) is 8.20. The molecule has 0 aliphatic rings. The summed E-state index contributed by atoms with van der Waals surface area (Å²) >= 11 is 0. The molecule has 2 nitrogen and oxygen atoms in total. The molecule has 22 heavy (non-hydrogen) atoms. The Morgan fingerprint density at radius 1 is 0.955 bits per heavy atom. The number of nitrogens with zero attached hydrogens (tertiary/aromatic N) is 1. The van der Waals surface area contributed by atoms with Gasteiger partial charge in [0.2, 0.25) is 0 Å². The lowest BCUT2D eigenvalue weighted by atomic mass is 9.99. The number of aromatic nitrogens is 1. The first-order chi connectivity index (χ1) is 10.4. The topological polar surface area (TPSA) is 22.0 Å². The minimum atomic E-state index is 0.165. The van der Waals surface area contributed by atoms with Crippen LogP contribution in [0.4, 0.5) is 0 Å². The van der Waals surface area contributed by atoms with Crippen LogP contribution in [0.3, 0.4) is 0 Å². The smallest absolute Gasteiger partial charge is 0.185 e. The Bertz CT molecular complexity index is 681. The first kappa shape index (κ1) is 16.5. The third-order valence-electron chi connectivity index (χ3n) is 3.89. The summed E-state index contributed by atoms with van der Waals surface area (Å²) < 4.78 is 2.30. The Hall–Kier alpha value is -1.83. The molecule has 0 saturated heterocycles. The maximum Gasteiger partial charge on any atom is 0.185 e. The van der Waals surface area contributed by atoms with E-state index in [-0.39, 0.29) is 5.43 Å². The summed E-state index contributed by atoms with van der Waals surface area (Å²) in [6, 6.07) is 12.2. The SMILES string of the molecule is Cc1c(CC(C)C)n(-c2ccccc2)c(CC(C)C)cc1=O. The van der Waals surface area contributed by atoms with Gasteiger partial charge in [-0.05, 0) is 43.7 Å². The molecule has 1 heterocycles. The minimum Gasteiger partial charge on any atom is -0.317 e. The highest BCUT2D eigenvalue weighted by Gasteiger charge is 2.16. The van der Waals surface area contributed by atoms with Crippen molar-refractivity contribution in [3.05, 3.63) is 63.6 Å². The van der Waals surface area contributed by atoms with Gasteiger partial charge >= 0.3 is 0 Å². The van der Waals surface area contributed by atoms with Crippen LogP contribution in [0.1, 0.15) is 44.6 Å². The molecule has 2 heteroatoms. The fraction of sp³-hybridized carbons (Fsp3) is 0.450. The monoisotopic (exact) mass is 297 g/mol. The molecule has 0 unspecified atom stereocenters. The van der Waals surface area contributed by atoms with E-state index in [4.69, 9.17) is 0 Å². The maximum absolute atomic E-state index is 12.4. The van der Waals surface area contributed by atoms with Crippen molar-refractivity contribution in [2.45, 2.75) is 47.5 Å². The quantitative estimate of drug-likeness (QED) is 0.794. The zero-order valence-corrected chi connectivity index (χ0v) is 14.4. The number of para-hydroxylation sites is 1. The van der Waals surface area contributed by atoms with Crippen molar-refractivity contribution in [2.75, 3.05) is 0 Å². The summed E-state index contributed by atoms with van der Waals surface area (Å²) in [7, 11) is 0. The molecule has 0 amide bonds. The number of hydrogen-bond donors (Lipinski definition) is 0. The van der Waals surface area contributed by atoms with Gasteiger partial charge < -0.3 is 4.57 Å². The molecule has 1 aromatic heterocycles. The molecule has 0 saturated carbocycles. The van der Waals surface area contributed by atoms with Gasteiger partial charge in [0.05, 0.1) is 0 Å². The molecular weight excluding hydrogens is 270 g/mol. The Morgan fingerprint density at radius 2 is 1.55 bits per heavy atom. The maximum atomic E-state index is 12.4. The first-order valence-electron chi connectivity index (χ1n) is 8.20. The van der Waals surface area contributed by atoms with E-state index in [1.54, 1.807) is 0 Å². The highest BCUT2D eigenvalue weighted by atomic mass is 16.1. The van der Waals surface area contributed by atoms with E-state index in [2.05, 4.69) is 56.5 Å². The fourth-order valence-electron chi connectivity index (χ4n) is 2.91. The number of pyridine rings is 1. The summed E-state index contributed by atoms with van der Waals surface area (Å²) in [5.41, 5.74) is 4.47. The van der Waals surface area contributed by atoms with Crippen LogP contribution in [0, 0.1) is 18.8 Å². The van der Waals surface area contributed by atoms with Crippen LogP contribution < -0.4 is 5.43 Å². The Labute approximate surface area is 133 Å². The van der Waals surface area contributed by atoms with E-state index in [9.17, 15) is 4.79 Å². The van der Waals surface area contributed by atoms with Gasteiger partial charge in [-0.1, -0.05) is 45.9 Å². The molecule has 0 fully saturated rings. The van der Waals surface area contributed by atoms with Crippen LogP contribution in [0.2, 0.25) is 0 Å². The molecular formula is C20H27NO. The van der Waals surface area contributed by atoms with Crippen molar-refractivity contribution in [3.8, 4) is 5.69 Å². The molecule has 2 rings (SSSR count). The summed E-state index contributed by atoms with van der Waals surface area (Å²) in [4.78, 5) is 12.4. The Balaban J connectivity index is 2.73. The molecule has 0 aliphatic carbocycles. The van der Waals surface area contributed by atoms with Gasteiger partial charge in [-0.15, -0.1) is 0 Å². The zero-order chi connectivity index (χ0) is 16.3. The predicted octanol–water partition coefficient (Wildman–Crippen LogP) is 4.54. The second kappa shape index (κ2) is 6.95. The van der Waals surface area contributed by atoms with Crippen LogP contribution in [0.15, 0.2) is 41.2 Å². The average molecular weight is 297 g/mol. The van der Waals surface area contributed by atoms with E-state index in [0.29, 0.717) is 11.8 Å². The van der Waals surface area contributed by atoms with Crippen molar-refractivity contribution in [1.29, 1.82) is 0 Å². The van der Waals surface area contributed by atoms with E-state index < -0.39 is 0 Å². The predicted molar refractivity (Wildman–Crippen MR) is 93.9 cm³/mol. The third-order valence-corrected chi connectivity index (χ3v) is 3.89. The summed E-state index contributed by atoms with van der Waals surface area (Å²) in [6.07, 6.45) is 1.83. The van der Waals surface area contributed by atoms with E-state index in [0.717, 1.165) is 35.5 Å². The molecule has 118 valence electrons. The van der Waals surface area contributed by atoms with E-state index >= 15 is 0 Å². The van der Waals surface area contributed by atoms with Crippen molar-refractivity contribution in [1.82, 2.24) is 4.57 Å². The molecule has 0 radical (unpaired) electrons. The molecule has 0 aliphatic heterocycles. The van der Waals surface area contributed by atoms with Gasteiger partial charge in [0.25, 0.3) is 0 Å². The molecule has 2 aromatic rings. The summed E-state index contributed by atoms with van der Waals surface area (Å²) in [5, 5.41) is 0. The number of benzene rings is 1. The lowest BCUT2D eigenvalue weighted by Gasteiger charge is -2.23. The largest absolute Gasteiger partial charge is 0.317 e. The highest BCUT2D eigenvalue weighted by molar-refractivity contribution is 5.39. The molecule has 0 atom stereocenters. The van der Waals surface area contributed by atoms with Gasteiger partial charge in [-0.25, -0.2) is 0 Å². The molecule has 0 bridgehead atoms. The van der Waals surface area contributed by atoms with Crippen LogP contribution in [0.25, 0.3) is 5.69 Å². The van der Waals surface area contributed by atoms with Crippen molar-refractivity contribution in [2.24, 2.45) is 11.8 Å². The van der Waals surface area contributed by atoms with Gasteiger partial charge in [-0.2, -0.15) is 0 Å². The van der Waals surface area contributed by atoms with Crippen molar-refractivity contribution in [3.63, 3.8) is 0 Å². The van der Waals surface area contributed by atoms with Crippen LogP contribution >= 0.6 is 0 Å². The highest BCUT2D eigenvalue weighted by Crippen LogP contribution is 2.21. The fourth-order valence-corrected chi connectivity index (χ4v) is 2.91. The number of rotatable bonds is 5. The van der Waals surface area contributed by atoms with E-state index in [1.807, 2.05) is 19.1 Å². The molecule has 0 spiro atoms. The van der Waals surface area contributed by atoms with Crippen molar-refractivity contribution >= 4 is 0 Å². The Morgan fingerprint density at radius 3 is 2.09 bits per heavy atom. The van der Waals surface area contributed by atoms with Crippen molar-refractivity contribution < 1.29 is 0 Å². The summed E-state index contributed by atoms with van der Waals surface area (Å²) in [5.74, 6) is 1.03. The number of hydrogen-bond acceptors (Lipinski definition) is 1. The lowest BCUT2D eigenvalue weighted by molar-refractivity contribution is 0.588. The lowest BCUT2D eigenvalue weighted by Crippen LogP contribution is -2.22. The van der Waals surface area contributed by atoms with Crippen LogP contribution in [-0.2, 0) is 12.8 Å². The second-order valence-electron chi connectivity index (χ2n) is 6.94. The van der Waals surface area contributed by atoms with Gasteiger partial charge in [0.1, 0.15) is 0 Å². The minimum absolute atomic E-state index is 0.165. The Kier molecular flexibility index (Phi) is 5.23. The standard InChI is InChI=1S/C20H27NO/c1-14(2)11-18-13-20(22)16(5)19(12-15(3)4)21(18)17-9-7-6-8-10-17/h6-10,13-15H,11-12H2,1-5H3. The zero-order valence-electron chi connectivity index (χ0n) is 14.4. The van der Waals surface area contributed by atoms with Gasteiger partial charge in [0, 0.05) is 28.7 Å². The molecule has 1 aromatic carbocycles. The average Bonchev–Trinajstić information content (AvgIpc) is 2.44. The normalized spacial score (nSPS) is 11.4. The van der Waals surface area contributed by atoms with Gasteiger partial charge in [0.15, 0.2) is 5.43 Å². The van der Waals surface area contributed by atoms with Crippen LogP contribution in [-0.4, -0.2) is 4.57 Å². The molecule has 0 N–H and O–H groups in total.